The molecule has 26 heavy (non-hydrogen) atoms. The Labute approximate surface area is 155 Å². The van der Waals surface area contributed by atoms with Crippen LogP contribution in [0.2, 0.25) is 0 Å². The lowest BCUT2D eigenvalue weighted by molar-refractivity contribution is -0.124. The summed E-state index contributed by atoms with van der Waals surface area (Å²) in [6, 6.07) is 8.08. The first-order valence-corrected chi connectivity index (χ1v) is 11.2. The Kier molecular flexibility index (Phi) is 6.19. The molecule has 2 heterocycles. The van der Waals surface area contributed by atoms with E-state index >= 15 is 0 Å². The van der Waals surface area contributed by atoms with E-state index in [1.165, 1.54) is 19.3 Å². The van der Waals surface area contributed by atoms with Crippen LogP contribution < -0.4 is 10.1 Å². The van der Waals surface area contributed by atoms with Crippen LogP contribution in [-0.4, -0.2) is 57.5 Å². The van der Waals surface area contributed by atoms with Crippen LogP contribution in [0.15, 0.2) is 24.3 Å². The number of hydrogen-bond donors (Lipinski definition) is 1. The molecule has 144 valence electrons. The van der Waals surface area contributed by atoms with Crippen molar-refractivity contribution in [3.05, 3.63) is 29.8 Å². The first-order valence-electron chi connectivity index (χ1n) is 9.34. The lowest BCUT2D eigenvalue weighted by Gasteiger charge is -2.35. The molecule has 2 atom stereocenters. The molecule has 0 saturated carbocycles. The fraction of sp³-hybridized carbons (Fsp3) is 0.632. The molecule has 0 spiro atoms. The van der Waals surface area contributed by atoms with E-state index in [1.807, 2.05) is 24.3 Å². The van der Waals surface area contributed by atoms with E-state index in [1.54, 1.807) is 7.11 Å². The van der Waals surface area contributed by atoms with Crippen LogP contribution in [0.25, 0.3) is 0 Å². The number of carbonyl (C=O) groups is 1. The maximum atomic E-state index is 12.4. The van der Waals surface area contributed by atoms with Gasteiger partial charge in [0.15, 0.2) is 9.84 Å². The van der Waals surface area contributed by atoms with Gasteiger partial charge in [-0.15, -0.1) is 0 Å². The fourth-order valence-electron chi connectivity index (χ4n) is 3.86. The van der Waals surface area contributed by atoms with Gasteiger partial charge in [0.05, 0.1) is 30.6 Å². The highest BCUT2D eigenvalue weighted by atomic mass is 32.2. The summed E-state index contributed by atoms with van der Waals surface area (Å²) in [6.07, 6.45) is 4.02. The molecular weight excluding hydrogens is 352 g/mol. The smallest absolute Gasteiger partial charge is 0.224 e. The van der Waals surface area contributed by atoms with E-state index in [2.05, 4.69) is 10.2 Å². The summed E-state index contributed by atoms with van der Waals surface area (Å²) < 4.78 is 28.5. The number of nitrogens with zero attached hydrogens (tertiary/aromatic N) is 1. The lowest BCUT2D eigenvalue weighted by atomic mass is 10.0. The summed E-state index contributed by atoms with van der Waals surface area (Å²) in [7, 11) is -1.40. The van der Waals surface area contributed by atoms with Crippen molar-refractivity contribution in [3.63, 3.8) is 0 Å². The number of methoxy groups -OCH3 is 1. The molecule has 2 fully saturated rings. The average molecular weight is 381 g/mol. The minimum absolute atomic E-state index is 0.0181. The summed E-state index contributed by atoms with van der Waals surface area (Å²) in [5.74, 6) is 0.375. The molecule has 0 aromatic heterocycles. The molecule has 6 nitrogen and oxygen atoms in total. The van der Waals surface area contributed by atoms with Crippen molar-refractivity contribution in [1.29, 1.82) is 0 Å². The van der Waals surface area contributed by atoms with Crippen LogP contribution in [0.3, 0.4) is 0 Å². The van der Waals surface area contributed by atoms with Crippen molar-refractivity contribution >= 4 is 15.7 Å². The van der Waals surface area contributed by atoms with Gasteiger partial charge >= 0.3 is 0 Å². The molecule has 1 aromatic rings. The van der Waals surface area contributed by atoms with E-state index in [-0.39, 0.29) is 23.5 Å². The zero-order chi connectivity index (χ0) is 18.6. The van der Waals surface area contributed by atoms with Gasteiger partial charge in [0.25, 0.3) is 0 Å². The van der Waals surface area contributed by atoms with Crippen molar-refractivity contribution in [3.8, 4) is 5.75 Å². The van der Waals surface area contributed by atoms with Crippen LogP contribution in [0.5, 0.6) is 5.75 Å². The molecule has 2 saturated heterocycles. The van der Waals surface area contributed by atoms with Gasteiger partial charge in [-0.3, -0.25) is 9.69 Å². The van der Waals surface area contributed by atoms with Crippen LogP contribution in [0.1, 0.15) is 37.3 Å². The quantitative estimate of drug-likeness (QED) is 0.814. The molecule has 3 rings (SSSR count). The molecule has 7 heteroatoms. The number of rotatable bonds is 6. The second-order valence-electron chi connectivity index (χ2n) is 7.23. The highest BCUT2D eigenvalue weighted by Gasteiger charge is 2.33. The van der Waals surface area contributed by atoms with Gasteiger partial charge in [0.2, 0.25) is 5.91 Å². The Morgan fingerprint density at radius 3 is 2.50 bits per heavy atom. The lowest BCUT2D eigenvalue weighted by Crippen LogP contribution is -2.42. The molecular formula is C19H28N2O4S. The fourth-order valence-corrected chi connectivity index (χ4v) is 5.60. The van der Waals surface area contributed by atoms with Gasteiger partial charge in [-0.1, -0.05) is 18.6 Å². The monoisotopic (exact) mass is 380 g/mol. The average Bonchev–Trinajstić information content (AvgIpc) is 3.03. The number of hydrogen-bond acceptors (Lipinski definition) is 5. The molecule has 1 aromatic carbocycles. The normalized spacial score (nSPS) is 24.1. The first-order chi connectivity index (χ1) is 12.5. The number of sulfone groups is 1. The topological polar surface area (TPSA) is 75.7 Å². The summed E-state index contributed by atoms with van der Waals surface area (Å²) in [6.45, 7) is 2.54. The van der Waals surface area contributed by atoms with Crippen molar-refractivity contribution in [2.24, 2.45) is 5.92 Å². The predicted octanol–water partition coefficient (Wildman–Crippen LogP) is 1.77. The Bertz CT molecular complexity index is 712. The third kappa shape index (κ3) is 4.76. The molecule has 1 N–H and O–H groups in total. The number of carbonyl (C=O) groups excluding carboxylic acids is 1. The van der Waals surface area contributed by atoms with E-state index < -0.39 is 15.8 Å². The van der Waals surface area contributed by atoms with Gasteiger partial charge < -0.3 is 10.1 Å². The zero-order valence-corrected chi connectivity index (χ0v) is 16.1. The Balaban J connectivity index is 1.67. The van der Waals surface area contributed by atoms with Gasteiger partial charge in [-0.2, -0.15) is 0 Å². The van der Waals surface area contributed by atoms with Crippen molar-refractivity contribution in [2.75, 3.05) is 38.2 Å². The van der Waals surface area contributed by atoms with Crippen molar-refractivity contribution in [1.82, 2.24) is 10.2 Å². The van der Waals surface area contributed by atoms with Crippen molar-refractivity contribution < 1.29 is 17.9 Å². The second kappa shape index (κ2) is 8.39. The summed E-state index contributed by atoms with van der Waals surface area (Å²) >= 11 is 0. The summed E-state index contributed by atoms with van der Waals surface area (Å²) in [5.41, 5.74) is 1.15. The minimum Gasteiger partial charge on any atom is -0.497 e. The molecule has 2 unspecified atom stereocenters. The highest BCUT2D eigenvalue weighted by Crippen LogP contribution is 2.26. The van der Waals surface area contributed by atoms with E-state index in [4.69, 9.17) is 4.74 Å². The zero-order valence-electron chi connectivity index (χ0n) is 15.3. The minimum atomic E-state index is -3.04. The molecule has 2 aliphatic heterocycles. The van der Waals surface area contributed by atoms with Crippen LogP contribution >= 0.6 is 0 Å². The van der Waals surface area contributed by atoms with E-state index in [9.17, 15) is 13.2 Å². The number of piperidine rings is 1. The van der Waals surface area contributed by atoms with Gasteiger partial charge in [0, 0.05) is 6.54 Å². The number of benzene rings is 1. The Morgan fingerprint density at radius 1 is 1.23 bits per heavy atom. The number of amides is 1. The van der Waals surface area contributed by atoms with Crippen molar-refractivity contribution in [2.45, 2.75) is 31.7 Å². The van der Waals surface area contributed by atoms with Crippen LogP contribution in [0.4, 0.5) is 0 Å². The third-order valence-electron chi connectivity index (χ3n) is 5.40. The standard InChI is InChI=1S/C19H28N2O4S/c1-25-17-7-5-15(6-8-17)18(21-10-3-2-4-11-21)13-20-19(22)16-9-12-26(23,24)14-16/h5-8,16,18H,2-4,9-14H2,1H3,(H,20,22). The molecule has 1 amide bonds. The maximum absolute atomic E-state index is 12.4. The van der Waals surface area contributed by atoms with Crippen LogP contribution in [0, 0.1) is 5.92 Å². The van der Waals surface area contributed by atoms with E-state index in [0.29, 0.717) is 13.0 Å². The predicted molar refractivity (Wildman–Crippen MR) is 101 cm³/mol. The number of nitrogens with one attached hydrogen (secondary N) is 1. The van der Waals surface area contributed by atoms with Gasteiger partial charge in [-0.05, 0) is 50.0 Å². The largest absolute Gasteiger partial charge is 0.497 e. The summed E-state index contributed by atoms with van der Waals surface area (Å²) in [4.78, 5) is 14.9. The molecule has 0 aliphatic carbocycles. The Hall–Kier alpha value is -1.60. The third-order valence-corrected chi connectivity index (χ3v) is 7.17. The first kappa shape index (κ1) is 19.2. The maximum Gasteiger partial charge on any atom is 0.224 e. The molecule has 0 bridgehead atoms. The number of likely N-dealkylation sites (tertiary alicyclic amines) is 1. The van der Waals surface area contributed by atoms with Gasteiger partial charge in [-0.25, -0.2) is 8.42 Å². The second-order valence-corrected chi connectivity index (χ2v) is 9.46. The Morgan fingerprint density at radius 2 is 1.92 bits per heavy atom. The number of ether oxygens (including phenoxy) is 1. The van der Waals surface area contributed by atoms with Crippen LogP contribution in [-0.2, 0) is 14.6 Å². The summed E-state index contributed by atoms with van der Waals surface area (Å²) in [5, 5.41) is 3.01. The van der Waals surface area contributed by atoms with E-state index in [0.717, 1.165) is 24.4 Å². The highest BCUT2D eigenvalue weighted by molar-refractivity contribution is 7.91. The van der Waals surface area contributed by atoms with Gasteiger partial charge in [0.1, 0.15) is 5.75 Å². The SMILES string of the molecule is COc1ccc(C(CNC(=O)C2CCS(=O)(=O)C2)N2CCCCC2)cc1. The molecule has 0 radical (unpaired) electrons. The molecule has 2 aliphatic rings.